The number of rotatable bonds is 3. The molecule has 0 aliphatic carbocycles. The number of hydrogen-bond acceptors (Lipinski definition) is 1. The summed E-state index contributed by atoms with van der Waals surface area (Å²) in [6.45, 7) is 0.786. The Labute approximate surface area is 112 Å². The standard InChI is InChI=1S/C13H12N2S.ClH/c14-13(16)12-7-3-2-6-11(12)10-15-8-4-1-5-9-15;/h1-9H,10H2,(H-,14,16);1H. The van der Waals surface area contributed by atoms with Crippen LogP contribution in [0.25, 0.3) is 0 Å². The number of nitrogens with zero attached hydrogens (tertiary/aromatic N) is 1. The minimum atomic E-state index is 0. The lowest BCUT2D eigenvalue weighted by atomic mass is 10.1. The molecule has 0 saturated heterocycles. The normalized spacial score (nSPS) is 9.41. The number of nitrogens with two attached hydrogens (primary N) is 1. The molecule has 0 amide bonds. The summed E-state index contributed by atoms with van der Waals surface area (Å²) in [5.41, 5.74) is 7.79. The Morgan fingerprint density at radius 1 is 1.06 bits per heavy atom. The predicted molar refractivity (Wildman–Crippen MR) is 68.1 cm³/mol. The highest BCUT2D eigenvalue weighted by Crippen LogP contribution is 2.07. The van der Waals surface area contributed by atoms with Crippen LogP contribution in [0.4, 0.5) is 0 Å². The molecule has 4 heteroatoms. The smallest absolute Gasteiger partial charge is 0.174 e. The summed E-state index contributed by atoms with van der Waals surface area (Å²) >= 11 is 5.03. The Morgan fingerprint density at radius 3 is 2.35 bits per heavy atom. The lowest BCUT2D eigenvalue weighted by Gasteiger charge is -2.04. The van der Waals surface area contributed by atoms with Crippen molar-refractivity contribution in [2.24, 2.45) is 5.73 Å². The van der Waals surface area contributed by atoms with Crippen molar-refractivity contribution in [3.05, 3.63) is 66.0 Å². The van der Waals surface area contributed by atoms with E-state index in [2.05, 4.69) is 10.6 Å². The van der Waals surface area contributed by atoms with E-state index in [-0.39, 0.29) is 12.4 Å². The minimum absolute atomic E-state index is 0. The molecule has 1 aromatic heterocycles. The number of aromatic nitrogens is 1. The first kappa shape index (κ1) is 13.6. The Bertz CT molecular complexity index is 500. The van der Waals surface area contributed by atoms with E-state index in [0.29, 0.717) is 4.99 Å². The molecule has 2 N–H and O–H groups in total. The van der Waals surface area contributed by atoms with Crippen molar-refractivity contribution in [3.8, 4) is 0 Å². The zero-order chi connectivity index (χ0) is 11.4. The lowest BCUT2D eigenvalue weighted by molar-refractivity contribution is -0.688. The van der Waals surface area contributed by atoms with Gasteiger partial charge >= 0.3 is 0 Å². The summed E-state index contributed by atoms with van der Waals surface area (Å²) in [6, 6.07) is 14.0. The zero-order valence-electron chi connectivity index (χ0n) is 9.21. The van der Waals surface area contributed by atoms with Gasteiger partial charge in [0, 0.05) is 23.3 Å². The van der Waals surface area contributed by atoms with Gasteiger partial charge in [0.1, 0.15) is 4.99 Å². The van der Waals surface area contributed by atoms with E-state index in [1.807, 2.05) is 48.8 Å². The second kappa shape index (κ2) is 6.33. The van der Waals surface area contributed by atoms with Crippen molar-refractivity contribution in [1.29, 1.82) is 0 Å². The lowest BCUT2D eigenvalue weighted by Crippen LogP contribution is -3.00. The van der Waals surface area contributed by atoms with Crippen LogP contribution in [0.1, 0.15) is 11.1 Å². The number of hydrogen-bond donors (Lipinski definition) is 1. The van der Waals surface area contributed by atoms with Crippen LogP contribution >= 0.6 is 12.2 Å². The Kier molecular flexibility index (Phi) is 5.07. The average Bonchev–Trinajstić information content (AvgIpc) is 2.31. The maximum atomic E-state index is 5.69. The quantitative estimate of drug-likeness (QED) is 0.550. The molecule has 0 radical (unpaired) electrons. The molecule has 2 rings (SSSR count). The fourth-order valence-corrected chi connectivity index (χ4v) is 1.83. The van der Waals surface area contributed by atoms with Crippen LogP contribution in [0.3, 0.4) is 0 Å². The van der Waals surface area contributed by atoms with Crippen molar-refractivity contribution < 1.29 is 17.0 Å². The molecule has 0 bridgehead atoms. The minimum Gasteiger partial charge on any atom is -1.00 e. The second-order valence-corrected chi connectivity index (χ2v) is 4.01. The van der Waals surface area contributed by atoms with E-state index < -0.39 is 0 Å². The van der Waals surface area contributed by atoms with Crippen molar-refractivity contribution in [1.82, 2.24) is 0 Å². The van der Waals surface area contributed by atoms with Gasteiger partial charge in [-0.15, -0.1) is 0 Å². The fraction of sp³-hybridized carbons (Fsp3) is 0.0769. The monoisotopic (exact) mass is 264 g/mol. The fourth-order valence-electron chi connectivity index (χ4n) is 1.63. The van der Waals surface area contributed by atoms with Crippen LogP contribution in [0.15, 0.2) is 54.9 Å². The highest BCUT2D eigenvalue weighted by atomic mass is 35.5. The maximum Gasteiger partial charge on any atom is 0.174 e. The second-order valence-electron chi connectivity index (χ2n) is 3.57. The molecule has 0 unspecified atom stereocenters. The number of pyridine rings is 1. The van der Waals surface area contributed by atoms with Gasteiger partial charge in [-0.05, 0) is 0 Å². The first-order valence-corrected chi connectivity index (χ1v) is 5.50. The maximum absolute atomic E-state index is 5.69. The van der Waals surface area contributed by atoms with Crippen LogP contribution in [-0.2, 0) is 6.54 Å². The summed E-state index contributed by atoms with van der Waals surface area (Å²) < 4.78 is 2.09. The topological polar surface area (TPSA) is 29.9 Å². The molecule has 1 aromatic carbocycles. The van der Waals surface area contributed by atoms with Crippen LogP contribution in [0, 0.1) is 0 Å². The zero-order valence-corrected chi connectivity index (χ0v) is 10.8. The number of benzene rings is 1. The summed E-state index contributed by atoms with van der Waals surface area (Å²) in [5, 5.41) is 0. The van der Waals surface area contributed by atoms with Gasteiger partial charge in [0.2, 0.25) is 0 Å². The van der Waals surface area contributed by atoms with Gasteiger partial charge in [0.05, 0.1) is 0 Å². The van der Waals surface area contributed by atoms with E-state index in [4.69, 9.17) is 18.0 Å². The van der Waals surface area contributed by atoms with E-state index in [1.54, 1.807) is 0 Å². The molecule has 1 heterocycles. The molecule has 17 heavy (non-hydrogen) atoms. The van der Waals surface area contributed by atoms with Crippen LogP contribution in [0.5, 0.6) is 0 Å². The van der Waals surface area contributed by atoms with Gasteiger partial charge in [0.15, 0.2) is 18.9 Å². The molecule has 2 nitrogen and oxygen atoms in total. The Balaban J connectivity index is 0.00000144. The van der Waals surface area contributed by atoms with E-state index >= 15 is 0 Å². The van der Waals surface area contributed by atoms with Gasteiger partial charge < -0.3 is 18.1 Å². The number of thiocarbonyl (C=S) groups is 1. The molecule has 0 saturated carbocycles. The third-order valence-electron chi connectivity index (χ3n) is 2.41. The van der Waals surface area contributed by atoms with Gasteiger partial charge in [-0.3, -0.25) is 0 Å². The van der Waals surface area contributed by atoms with Gasteiger partial charge in [-0.2, -0.15) is 0 Å². The van der Waals surface area contributed by atoms with Crippen molar-refractivity contribution >= 4 is 17.2 Å². The first-order chi connectivity index (χ1) is 7.77. The van der Waals surface area contributed by atoms with Gasteiger partial charge in [-0.1, -0.05) is 42.5 Å². The Hall–Kier alpha value is -1.45. The molecule has 0 fully saturated rings. The molecular weight excluding hydrogens is 252 g/mol. The van der Waals surface area contributed by atoms with Crippen molar-refractivity contribution in [2.45, 2.75) is 6.54 Å². The molecule has 0 spiro atoms. The summed E-state index contributed by atoms with van der Waals surface area (Å²) in [6.07, 6.45) is 4.05. The van der Waals surface area contributed by atoms with Gasteiger partial charge in [-0.25, -0.2) is 4.57 Å². The van der Waals surface area contributed by atoms with E-state index in [1.165, 1.54) is 0 Å². The van der Waals surface area contributed by atoms with Crippen molar-refractivity contribution in [3.63, 3.8) is 0 Å². The third-order valence-corrected chi connectivity index (χ3v) is 2.63. The molecule has 2 aromatic rings. The van der Waals surface area contributed by atoms with E-state index in [0.717, 1.165) is 17.7 Å². The molecular formula is C13H13ClN2S. The van der Waals surface area contributed by atoms with Crippen LogP contribution in [-0.4, -0.2) is 4.99 Å². The molecule has 88 valence electrons. The summed E-state index contributed by atoms with van der Waals surface area (Å²) in [7, 11) is 0. The predicted octanol–water partition coefficient (Wildman–Crippen LogP) is -1.34. The average molecular weight is 265 g/mol. The molecule has 0 atom stereocenters. The van der Waals surface area contributed by atoms with Crippen molar-refractivity contribution in [2.75, 3.05) is 0 Å². The SMILES string of the molecule is NC(=S)c1ccccc1C[n+]1ccccc1.[Cl-]. The van der Waals surface area contributed by atoms with E-state index in [9.17, 15) is 0 Å². The molecule has 0 aliphatic rings. The Morgan fingerprint density at radius 2 is 1.71 bits per heavy atom. The highest BCUT2D eigenvalue weighted by Gasteiger charge is 2.08. The number of halogens is 1. The summed E-state index contributed by atoms with van der Waals surface area (Å²) in [5.74, 6) is 0. The van der Waals surface area contributed by atoms with Crippen LogP contribution in [0.2, 0.25) is 0 Å². The summed E-state index contributed by atoms with van der Waals surface area (Å²) in [4.78, 5) is 0.451. The molecule has 0 aliphatic heterocycles. The highest BCUT2D eigenvalue weighted by molar-refractivity contribution is 7.80. The largest absolute Gasteiger partial charge is 1.00 e. The van der Waals surface area contributed by atoms with Gasteiger partial charge in [0.25, 0.3) is 0 Å². The third kappa shape index (κ3) is 3.51. The first-order valence-electron chi connectivity index (χ1n) is 5.09. The van der Waals surface area contributed by atoms with Crippen LogP contribution < -0.4 is 22.7 Å².